The number of nitrogens with zero attached hydrogens (tertiary/aromatic N) is 4. The van der Waals surface area contributed by atoms with Gasteiger partial charge >= 0.3 is 0 Å². The number of hydrogen-bond donors (Lipinski definition) is 1. The first kappa shape index (κ1) is 25.4. The summed E-state index contributed by atoms with van der Waals surface area (Å²) in [6, 6.07) is 10.4. The zero-order chi connectivity index (χ0) is 26.0. The highest BCUT2D eigenvalue weighted by Gasteiger charge is 2.46. The number of methoxy groups -OCH3 is 1. The van der Waals surface area contributed by atoms with Gasteiger partial charge in [-0.3, -0.25) is 9.59 Å². The molecule has 3 heterocycles. The molecule has 4 rings (SSSR count). The minimum Gasteiger partial charge on any atom is -0.505 e. The number of imidazole rings is 1. The third kappa shape index (κ3) is 4.48. The van der Waals surface area contributed by atoms with E-state index in [-0.39, 0.29) is 11.3 Å². The highest BCUT2D eigenvalue weighted by Crippen LogP contribution is 2.40. The van der Waals surface area contributed by atoms with Crippen molar-refractivity contribution < 1.29 is 19.4 Å². The van der Waals surface area contributed by atoms with Crippen molar-refractivity contribution in [3.05, 3.63) is 70.7 Å². The Kier molecular flexibility index (Phi) is 7.45. The number of amides is 1. The topological polar surface area (TPSA) is 87.4 Å². The van der Waals surface area contributed by atoms with E-state index in [2.05, 4.69) is 23.7 Å². The Hall–Kier alpha value is -3.65. The fraction of sp³-hybridized carbons (Fsp3) is 0.393. The van der Waals surface area contributed by atoms with E-state index < -0.39 is 17.7 Å². The average Bonchev–Trinajstić information content (AvgIpc) is 3.36. The van der Waals surface area contributed by atoms with Crippen molar-refractivity contribution in [1.29, 1.82) is 0 Å². The van der Waals surface area contributed by atoms with Gasteiger partial charge in [-0.15, -0.1) is 0 Å². The zero-order valence-electron chi connectivity index (χ0n) is 21.6. The molecule has 1 aliphatic heterocycles. The lowest BCUT2D eigenvalue weighted by Crippen LogP contribution is -2.33. The lowest BCUT2D eigenvalue weighted by molar-refractivity contribution is -0.140. The van der Waals surface area contributed by atoms with Crippen LogP contribution in [0.2, 0.25) is 0 Å². The van der Waals surface area contributed by atoms with Crippen molar-refractivity contribution in [1.82, 2.24) is 19.2 Å². The summed E-state index contributed by atoms with van der Waals surface area (Å²) in [5.74, 6) is -0.952. The number of hydrogen-bond acceptors (Lipinski definition) is 6. The van der Waals surface area contributed by atoms with E-state index in [0.717, 1.165) is 25.2 Å². The molecule has 2 aromatic heterocycles. The molecule has 0 saturated carbocycles. The predicted molar refractivity (Wildman–Crippen MR) is 139 cm³/mol. The number of aryl methyl sites for hydroxylation is 2. The van der Waals surface area contributed by atoms with E-state index in [1.165, 1.54) is 0 Å². The van der Waals surface area contributed by atoms with Gasteiger partial charge < -0.3 is 24.0 Å². The molecule has 1 fully saturated rings. The van der Waals surface area contributed by atoms with Crippen molar-refractivity contribution in [3.8, 4) is 5.75 Å². The van der Waals surface area contributed by atoms with Crippen molar-refractivity contribution in [2.45, 2.75) is 40.2 Å². The second-order valence-electron chi connectivity index (χ2n) is 9.08. The highest BCUT2D eigenvalue weighted by atomic mass is 16.5. The lowest BCUT2D eigenvalue weighted by Gasteiger charge is -2.27. The van der Waals surface area contributed by atoms with E-state index in [0.29, 0.717) is 41.3 Å². The van der Waals surface area contributed by atoms with Crippen LogP contribution in [0, 0.1) is 13.8 Å². The maximum absolute atomic E-state index is 13.4. The summed E-state index contributed by atoms with van der Waals surface area (Å²) < 4.78 is 7.29. The summed E-state index contributed by atoms with van der Waals surface area (Å²) in [6.45, 7) is 11.0. The molecule has 8 nitrogen and oxygen atoms in total. The third-order valence-electron chi connectivity index (χ3n) is 7.03. The van der Waals surface area contributed by atoms with E-state index in [1.54, 1.807) is 12.0 Å². The quantitative estimate of drug-likeness (QED) is 0.276. The Morgan fingerprint density at radius 1 is 1.14 bits per heavy atom. The normalized spacial score (nSPS) is 17.5. The summed E-state index contributed by atoms with van der Waals surface area (Å²) in [5, 5.41) is 11.5. The molecule has 3 aromatic rings. The van der Waals surface area contributed by atoms with E-state index in [9.17, 15) is 14.7 Å². The van der Waals surface area contributed by atoms with Crippen LogP contribution in [0.25, 0.3) is 11.4 Å². The largest absolute Gasteiger partial charge is 0.505 e. The molecule has 0 aliphatic carbocycles. The maximum Gasteiger partial charge on any atom is 0.295 e. The number of likely N-dealkylation sites (tertiary alicyclic amines) is 1. The summed E-state index contributed by atoms with van der Waals surface area (Å²) in [5.41, 5.74) is 3.40. The molecule has 0 spiro atoms. The molecular weight excluding hydrogens is 456 g/mol. The molecule has 1 amide bonds. The molecule has 1 atom stereocenters. The van der Waals surface area contributed by atoms with Gasteiger partial charge in [0.05, 0.1) is 24.4 Å². The molecule has 8 heteroatoms. The van der Waals surface area contributed by atoms with Crippen LogP contribution in [0.1, 0.15) is 48.8 Å². The standard InChI is InChI=1S/C28H34N4O4/c1-6-30(7-2)14-10-16-32-24(20-12-8-13-21(17-20)36-5)22(26(34)28(32)35)25(33)23-19(4)31-15-9-11-18(3)27(31)29-23/h8-9,11-13,15,17,24,33H,6-7,10,14,16H2,1-5H3/b25-22+. The zero-order valence-corrected chi connectivity index (χ0v) is 21.6. The van der Waals surface area contributed by atoms with Crippen LogP contribution >= 0.6 is 0 Å². The molecule has 190 valence electrons. The number of rotatable bonds is 9. The molecule has 36 heavy (non-hydrogen) atoms. The van der Waals surface area contributed by atoms with Gasteiger partial charge in [0.15, 0.2) is 5.76 Å². The summed E-state index contributed by atoms with van der Waals surface area (Å²) in [4.78, 5) is 35.2. The first-order chi connectivity index (χ1) is 17.3. The first-order valence-corrected chi connectivity index (χ1v) is 12.4. The number of ether oxygens (including phenoxy) is 1. The number of aliphatic hydroxyl groups is 1. The van der Waals surface area contributed by atoms with Gasteiger partial charge in [0.1, 0.15) is 17.1 Å². The van der Waals surface area contributed by atoms with Crippen molar-refractivity contribution in [2.24, 2.45) is 0 Å². The van der Waals surface area contributed by atoms with Gasteiger partial charge in [-0.05, 0) is 69.2 Å². The molecule has 1 N–H and O–H groups in total. The van der Waals surface area contributed by atoms with E-state index in [1.807, 2.05) is 60.8 Å². The average molecular weight is 491 g/mol. The highest BCUT2D eigenvalue weighted by molar-refractivity contribution is 6.46. The minimum atomic E-state index is -0.734. The Morgan fingerprint density at radius 3 is 2.56 bits per heavy atom. The second-order valence-corrected chi connectivity index (χ2v) is 9.08. The van der Waals surface area contributed by atoms with Gasteiger partial charge in [-0.1, -0.05) is 32.0 Å². The van der Waals surface area contributed by atoms with Crippen LogP contribution in [0.15, 0.2) is 48.2 Å². The lowest BCUT2D eigenvalue weighted by atomic mass is 9.96. The number of aliphatic hydroxyl groups excluding tert-OH is 1. The third-order valence-corrected chi connectivity index (χ3v) is 7.03. The Bertz CT molecular complexity index is 1320. The predicted octanol–water partition coefficient (Wildman–Crippen LogP) is 4.11. The Morgan fingerprint density at radius 2 is 1.89 bits per heavy atom. The molecule has 1 unspecified atom stereocenters. The molecular formula is C28H34N4O4. The first-order valence-electron chi connectivity index (χ1n) is 12.4. The summed E-state index contributed by atoms with van der Waals surface area (Å²) >= 11 is 0. The molecule has 1 aliphatic rings. The number of ketones is 1. The van der Waals surface area contributed by atoms with Crippen LogP contribution in [-0.4, -0.2) is 69.3 Å². The Balaban J connectivity index is 1.83. The van der Waals surface area contributed by atoms with Gasteiger partial charge in [-0.25, -0.2) is 4.98 Å². The molecule has 0 bridgehead atoms. The fourth-order valence-corrected chi connectivity index (χ4v) is 4.95. The number of fused-ring (bicyclic) bond motifs is 1. The van der Waals surface area contributed by atoms with Crippen LogP contribution in [-0.2, 0) is 9.59 Å². The molecule has 1 aromatic carbocycles. The van der Waals surface area contributed by atoms with Gasteiger partial charge in [0, 0.05) is 12.7 Å². The van der Waals surface area contributed by atoms with E-state index in [4.69, 9.17) is 4.74 Å². The van der Waals surface area contributed by atoms with Crippen LogP contribution in [0.4, 0.5) is 0 Å². The fourth-order valence-electron chi connectivity index (χ4n) is 4.95. The monoisotopic (exact) mass is 490 g/mol. The van der Waals surface area contributed by atoms with Gasteiger partial charge in [0.2, 0.25) is 0 Å². The van der Waals surface area contributed by atoms with Gasteiger partial charge in [-0.2, -0.15) is 0 Å². The van der Waals surface area contributed by atoms with Crippen LogP contribution < -0.4 is 4.74 Å². The van der Waals surface area contributed by atoms with Crippen molar-refractivity contribution in [2.75, 3.05) is 33.3 Å². The van der Waals surface area contributed by atoms with Crippen LogP contribution in [0.5, 0.6) is 5.75 Å². The minimum absolute atomic E-state index is 0.0558. The molecule has 0 radical (unpaired) electrons. The molecule has 1 saturated heterocycles. The van der Waals surface area contributed by atoms with E-state index >= 15 is 0 Å². The summed E-state index contributed by atoms with van der Waals surface area (Å²) in [7, 11) is 1.57. The SMILES string of the molecule is CCN(CC)CCCN1C(=O)C(=O)/C(=C(/O)c2nc3c(C)cccn3c2C)C1c1cccc(OC)c1. The maximum atomic E-state index is 13.4. The number of pyridine rings is 1. The van der Waals surface area contributed by atoms with Crippen molar-refractivity contribution in [3.63, 3.8) is 0 Å². The number of carbonyl (C=O) groups excluding carboxylic acids is 2. The summed E-state index contributed by atoms with van der Waals surface area (Å²) in [6.07, 6.45) is 2.58. The smallest absolute Gasteiger partial charge is 0.295 e. The number of benzene rings is 1. The second kappa shape index (κ2) is 10.5. The number of aromatic nitrogens is 2. The van der Waals surface area contributed by atoms with Crippen LogP contribution in [0.3, 0.4) is 0 Å². The Labute approximate surface area is 211 Å². The number of carbonyl (C=O) groups is 2. The van der Waals surface area contributed by atoms with Gasteiger partial charge in [0.25, 0.3) is 11.7 Å². The van der Waals surface area contributed by atoms with Crippen molar-refractivity contribution >= 4 is 23.1 Å². The number of Topliss-reactive ketones (excluding diaryl/α,β-unsaturated/α-hetero) is 1.